The van der Waals surface area contributed by atoms with Crippen LogP contribution in [0.5, 0.6) is 0 Å². The van der Waals surface area contributed by atoms with Crippen LogP contribution in [0, 0.1) is 11.3 Å². The van der Waals surface area contributed by atoms with Crippen LogP contribution in [-0.4, -0.2) is 42.1 Å². The molecule has 136 valence electrons. The van der Waals surface area contributed by atoms with E-state index >= 15 is 0 Å². The van der Waals surface area contributed by atoms with Crippen molar-refractivity contribution in [1.29, 1.82) is 5.26 Å². The Morgan fingerprint density at radius 1 is 1.32 bits per heavy atom. The minimum atomic E-state index is 0. The molecule has 1 saturated carbocycles. The van der Waals surface area contributed by atoms with Crippen molar-refractivity contribution in [2.75, 3.05) is 13.1 Å². The van der Waals surface area contributed by atoms with Crippen molar-refractivity contribution in [3.63, 3.8) is 0 Å². The second-order valence-electron chi connectivity index (χ2n) is 6.86. The van der Waals surface area contributed by atoms with Gasteiger partial charge in [-0.2, -0.15) is 5.26 Å². The third-order valence-electron chi connectivity index (χ3n) is 4.83. The quantitative estimate of drug-likeness (QED) is 0.409. The number of hydrogen-bond acceptors (Lipinski definition) is 3. The van der Waals surface area contributed by atoms with Gasteiger partial charge in [-0.05, 0) is 50.8 Å². The molecule has 1 aromatic rings. The van der Waals surface area contributed by atoms with Crippen LogP contribution in [0.4, 0.5) is 0 Å². The second kappa shape index (κ2) is 9.39. The third-order valence-corrected chi connectivity index (χ3v) is 4.83. The van der Waals surface area contributed by atoms with Crippen LogP contribution in [0.25, 0.3) is 0 Å². The summed E-state index contributed by atoms with van der Waals surface area (Å²) < 4.78 is 0. The molecular weight excluding hydrogens is 425 g/mol. The van der Waals surface area contributed by atoms with Crippen molar-refractivity contribution in [2.24, 2.45) is 4.99 Å². The first kappa shape index (κ1) is 20.0. The van der Waals surface area contributed by atoms with Crippen molar-refractivity contribution < 1.29 is 0 Å². The predicted octanol–water partition coefficient (Wildman–Crippen LogP) is 2.86. The fourth-order valence-electron chi connectivity index (χ4n) is 3.44. The molecule has 5 nitrogen and oxygen atoms in total. The van der Waals surface area contributed by atoms with E-state index in [0.29, 0.717) is 24.2 Å². The summed E-state index contributed by atoms with van der Waals surface area (Å²) >= 11 is 0. The number of guanidine groups is 1. The molecule has 2 unspecified atom stereocenters. The lowest BCUT2D eigenvalue weighted by Crippen LogP contribution is -2.44. The van der Waals surface area contributed by atoms with E-state index in [1.165, 1.54) is 19.3 Å². The number of nitrogens with zero attached hydrogens (tertiary/aromatic N) is 3. The van der Waals surface area contributed by atoms with Crippen LogP contribution < -0.4 is 10.6 Å². The molecular formula is C19H28IN5. The van der Waals surface area contributed by atoms with E-state index in [1.54, 1.807) is 0 Å². The molecule has 1 heterocycles. The molecule has 2 N–H and O–H groups in total. The number of rotatable bonds is 5. The zero-order valence-corrected chi connectivity index (χ0v) is 17.4. The summed E-state index contributed by atoms with van der Waals surface area (Å²) in [5, 5.41) is 15.8. The van der Waals surface area contributed by atoms with Crippen molar-refractivity contribution in [2.45, 2.75) is 57.8 Å². The molecule has 2 aliphatic rings. The number of halogens is 1. The Morgan fingerprint density at radius 2 is 2.04 bits per heavy atom. The molecule has 2 fully saturated rings. The molecule has 1 aliphatic heterocycles. The Morgan fingerprint density at radius 3 is 2.64 bits per heavy atom. The Balaban J connectivity index is 0.00000225. The predicted molar refractivity (Wildman–Crippen MR) is 112 cm³/mol. The molecule has 25 heavy (non-hydrogen) atoms. The molecule has 1 aliphatic carbocycles. The van der Waals surface area contributed by atoms with Gasteiger partial charge in [-0.15, -0.1) is 24.0 Å². The minimum Gasteiger partial charge on any atom is -0.357 e. The van der Waals surface area contributed by atoms with Crippen molar-refractivity contribution >= 4 is 29.9 Å². The Bertz CT molecular complexity index is 618. The van der Waals surface area contributed by atoms with E-state index in [9.17, 15) is 0 Å². The van der Waals surface area contributed by atoms with Gasteiger partial charge in [0.05, 0.1) is 18.2 Å². The Kier molecular flexibility index (Phi) is 7.51. The van der Waals surface area contributed by atoms with Crippen LogP contribution in [-0.2, 0) is 6.54 Å². The fourth-order valence-corrected chi connectivity index (χ4v) is 3.44. The Hall–Kier alpha value is -1.33. The summed E-state index contributed by atoms with van der Waals surface area (Å²) in [6, 6.07) is 11.7. The standard InChI is InChI=1S/C19H27N5.HI/c1-3-21-19(22-12-16-6-4-15(11-20)5-7-16)23-17-10-14(2)24(13-17)18-8-9-18;/h4-7,14,17-18H,3,8-10,12-13H2,1-2H3,(H2,21,22,23);1H. The van der Waals surface area contributed by atoms with E-state index in [-0.39, 0.29) is 24.0 Å². The first-order valence-corrected chi connectivity index (χ1v) is 8.99. The number of hydrogen-bond donors (Lipinski definition) is 2. The molecule has 0 bridgehead atoms. The summed E-state index contributed by atoms with van der Waals surface area (Å²) in [6.45, 7) is 7.02. The van der Waals surface area contributed by atoms with Crippen molar-refractivity contribution in [1.82, 2.24) is 15.5 Å². The zero-order chi connectivity index (χ0) is 16.9. The fraction of sp³-hybridized carbons (Fsp3) is 0.579. The van der Waals surface area contributed by atoms with Gasteiger partial charge in [0.2, 0.25) is 0 Å². The van der Waals surface area contributed by atoms with Gasteiger partial charge in [0, 0.05) is 31.2 Å². The lowest BCUT2D eigenvalue weighted by molar-refractivity contribution is 0.256. The largest absolute Gasteiger partial charge is 0.357 e. The minimum absolute atomic E-state index is 0. The molecule has 6 heteroatoms. The highest BCUT2D eigenvalue weighted by molar-refractivity contribution is 14.0. The van der Waals surface area contributed by atoms with Gasteiger partial charge < -0.3 is 10.6 Å². The molecule has 1 saturated heterocycles. The summed E-state index contributed by atoms with van der Waals surface area (Å²) in [5.41, 5.74) is 1.80. The molecule has 1 aromatic carbocycles. The van der Waals surface area contributed by atoms with Crippen LogP contribution in [0.15, 0.2) is 29.3 Å². The van der Waals surface area contributed by atoms with Gasteiger partial charge in [0.25, 0.3) is 0 Å². The van der Waals surface area contributed by atoms with Gasteiger partial charge in [-0.3, -0.25) is 4.90 Å². The average molecular weight is 453 g/mol. The normalized spacial score (nSPS) is 23.6. The maximum atomic E-state index is 8.86. The van der Waals surface area contributed by atoms with Crippen LogP contribution >= 0.6 is 24.0 Å². The highest BCUT2D eigenvalue weighted by Crippen LogP contribution is 2.33. The van der Waals surface area contributed by atoms with E-state index in [2.05, 4.69) is 35.5 Å². The average Bonchev–Trinajstić information content (AvgIpc) is 3.37. The molecule has 2 atom stereocenters. The van der Waals surface area contributed by atoms with E-state index in [0.717, 1.165) is 30.7 Å². The topological polar surface area (TPSA) is 63.5 Å². The molecule has 0 amide bonds. The van der Waals surface area contributed by atoms with Crippen LogP contribution in [0.3, 0.4) is 0 Å². The smallest absolute Gasteiger partial charge is 0.191 e. The SMILES string of the molecule is CCNC(=NCc1ccc(C#N)cc1)NC1CC(C)N(C2CC2)C1.I. The first-order chi connectivity index (χ1) is 11.7. The van der Waals surface area contributed by atoms with Crippen molar-refractivity contribution in [3.8, 4) is 6.07 Å². The number of nitriles is 1. The number of aliphatic imine (C=N–C) groups is 1. The number of benzene rings is 1. The monoisotopic (exact) mass is 453 g/mol. The van der Waals surface area contributed by atoms with E-state index in [1.807, 2.05) is 24.3 Å². The Labute approximate surface area is 167 Å². The van der Waals surface area contributed by atoms with Gasteiger partial charge in [0.15, 0.2) is 5.96 Å². The highest BCUT2D eigenvalue weighted by atomic mass is 127. The third kappa shape index (κ3) is 5.58. The lowest BCUT2D eigenvalue weighted by atomic mass is 10.1. The van der Waals surface area contributed by atoms with Gasteiger partial charge in [0.1, 0.15) is 0 Å². The van der Waals surface area contributed by atoms with Crippen LogP contribution in [0.1, 0.15) is 44.2 Å². The van der Waals surface area contributed by atoms with Crippen molar-refractivity contribution in [3.05, 3.63) is 35.4 Å². The van der Waals surface area contributed by atoms with Crippen LogP contribution in [0.2, 0.25) is 0 Å². The molecule has 3 rings (SSSR count). The van der Waals surface area contributed by atoms with Gasteiger partial charge in [-0.25, -0.2) is 4.99 Å². The first-order valence-electron chi connectivity index (χ1n) is 8.99. The lowest BCUT2D eigenvalue weighted by Gasteiger charge is -2.20. The summed E-state index contributed by atoms with van der Waals surface area (Å²) in [4.78, 5) is 7.35. The summed E-state index contributed by atoms with van der Waals surface area (Å²) in [6.07, 6.45) is 3.91. The molecule has 0 radical (unpaired) electrons. The van der Waals surface area contributed by atoms with E-state index < -0.39 is 0 Å². The molecule has 0 aromatic heterocycles. The number of nitrogens with one attached hydrogen (secondary N) is 2. The zero-order valence-electron chi connectivity index (χ0n) is 15.0. The maximum absolute atomic E-state index is 8.86. The molecule has 0 spiro atoms. The summed E-state index contributed by atoms with van der Waals surface area (Å²) in [5.74, 6) is 0.886. The number of likely N-dealkylation sites (tertiary alicyclic amines) is 1. The highest BCUT2D eigenvalue weighted by Gasteiger charge is 2.38. The van der Waals surface area contributed by atoms with E-state index in [4.69, 9.17) is 10.3 Å². The van der Waals surface area contributed by atoms with Gasteiger partial charge >= 0.3 is 0 Å². The summed E-state index contributed by atoms with van der Waals surface area (Å²) in [7, 11) is 0. The second-order valence-corrected chi connectivity index (χ2v) is 6.86. The maximum Gasteiger partial charge on any atom is 0.191 e. The van der Waals surface area contributed by atoms with Gasteiger partial charge in [-0.1, -0.05) is 12.1 Å².